The first-order chi connectivity index (χ1) is 12.6. The van der Waals surface area contributed by atoms with Crippen molar-refractivity contribution in [2.75, 3.05) is 11.1 Å². The summed E-state index contributed by atoms with van der Waals surface area (Å²) in [5.41, 5.74) is 1.85. The lowest BCUT2D eigenvalue weighted by Gasteiger charge is -1.98. The van der Waals surface area contributed by atoms with Crippen molar-refractivity contribution in [2.24, 2.45) is 0 Å². The van der Waals surface area contributed by atoms with Gasteiger partial charge in [0.2, 0.25) is 5.91 Å². The highest BCUT2D eigenvalue weighted by atomic mass is 32.2. The summed E-state index contributed by atoms with van der Waals surface area (Å²) in [4.78, 5) is 31.0. The molecule has 0 radical (unpaired) electrons. The molecule has 1 N–H and O–H groups in total. The molecular formula is C16H10N4O4S2. The third-order valence-electron chi connectivity index (χ3n) is 3.43. The Morgan fingerprint density at radius 3 is 2.88 bits per heavy atom. The van der Waals surface area contributed by atoms with Crippen molar-refractivity contribution >= 4 is 61.1 Å². The number of oxazole rings is 1. The van der Waals surface area contributed by atoms with E-state index >= 15 is 0 Å². The van der Waals surface area contributed by atoms with Crippen LogP contribution >= 0.6 is 23.1 Å². The monoisotopic (exact) mass is 386 g/mol. The highest BCUT2D eigenvalue weighted by Gasteiger charge is 2.13. The molecule has 130 valence electrons. The van der Waals surface area contributed by atoms with Crippen LogP contribution in [-0.4, -0.2) is 26.6 Å². The summed E-state index contributed by atoms with van der Waals surface area (Å²) < 4.78 is 6.31. The largest absolute Gasteiger partial charge is 0.431 e. The summed E-state index contributed by atoms with van der Waals surface area (Å²) in [6, 6.07) is 11.8. The van der Waals surface area contributed by atoms with Crippen LogP contribution in [0.4, 0.5) is 10.8 Å². The molecule has 2 heterocycles. The molecule has 0 aliphatic rings. The van der Waals surface area contributed by atoms with Crippen molar-refractivity contribution in [3.63, 3.8) is 0 Å². The molecule has 0 aliphatic heterocycles. The topological polar surface area (TPSA) is 111 Å². The van der Waals surface area contributed by atoms with Crippen LogP contribution in [0.3, 0.4) is 0 Å². The summed E-state index contributed by atoms with van der Waals surface area (Å²) in [6.45, 7) is 0. The summed E-state index contributed by atoms with van der Waals surface area (Å²) in [5.74, 6) is -0.145. The fraction of sp³-hybridized carbons (Fsp3) is 0.0625. The number of anilines is 1. The van der Waals surface area contributed by atoms with Gasteiger partial charge in [0.25, 0.3) is 10.9 Å². The van der Waals surface area contributed by atoms with Gasteiger partial charge in [-0.1, -0.05) is 35.2 Å². The average molecular weight is 386 g/mol. The number of thioether (sulfide) groups is 1. The number of nitrogens with one attached hydrogen (secondary N) is 1. The van der Waals surface area contributed by atoms with E-state index in [-0.39, 0.29) is 17.3 Å². The van der Waals surface area contributed by atoms with Gasteiger partial charge in [0.05, 0.1) is 20.9 Å². The molecule has 0 spiro atoms. The Morgan fingerprint density at radius 2 is 2.08 bits per heavy atom. The Bertz CT molecular complexity index is 1100. The first kappa shape index (κ1) is 16.5. The van der Waals surface area contributed by atoms with Crippen LogP contribution in [-0.2, 0) is 4.79 Å². The van der Waals surface area contributed by atoms with Crippen molar-refractivity contribution in [3.05, 3.63) is 52.6 Å². The third-order valence-corrected chi connectivity index (χ3v) is 5.21. The van der Waals surface area contributed by atoms with E-state index in [0.29, 0.717) is 21.5 Å². The molecule has 4 aromatic rings. The van der Waals surface area contributed by atoms with E-state index in [0.717, 1.165) is 10.2 Å². The molecular weight excluding hydrogens is 376 g/mol. The Hall–Kier alpha value is -2.98. The number of aromatic nitrogens is 2. The van der Waals surface area contributed by atoms with Crippen LogP contribution in [0.25, 0.3) is 21.3 Å². The number of nitrogens with zero attached hydrogens (tertiary/aromatic N) is 3. The van der Waals surface area contributed by atoms with Gasteiger partial charge in [-0.05, 0) is 18.2 Å². The second-order valence-corrected chi connectivity index (χ2v) is 7.17. The minimum Gasteiger partial charge on any atom is -0.431 e. The Balaban J connectivity index is 1.42. The number of thiazole rings is 1. The van der Waals surface area contributed by atoms with Gasteiger partial charge in [-0.25, -0.2) is 9.97 Å². The lowest BCUT2D eigenvalue weighted by atomic mass is 10.3. The molecule has 2 aromatic carbocycles. The zero-order valence-electron chi connectivity index (χ0n) is 13.0. The van der Waals surface area contributed by atoms with Crippen molar-refractivity contribution in [1.29, 1.82) is 0 Å². The molecule has 0 saturated heterocycles. The maximum atomic E-state index is 12.1. The Morgan fingerprint density at radius 1 is 1.23 bits per heavy atom. The lowest BCUT2D eigenvalue weighted by molar-refractivity contribution is -0.384. The number of benzene rings is 2. The van der Waals surface area contributed by atoms with Gasteiger partial charge in [-0.3, -0.25) is 14.9 Å². The predicted molar refractivity (Wildman–Crippen MR) is 99.6 cm³/mol. The molecule has 4 rings (SSSR count). The molecule has 0 fully saturated rings. The Kier molecular flexibility index (Phi) is 4.27. The zero-order valence-corrected chi connectivity index (χ0v) is 14.7. The number of hydrogen-bond acceptors (Lipinski definition) is 8. The molecule has 2 aromatic heterocycles. The number of carbonyl (C=O) groups excluding carboxylic acids is 1. The first-order valence-electron chi connectivity index (χ1n) is 7.42. The number of nitro benzene ring substituents is 1. The number of carbonyl (C=O) groups is 1. The molecule has 8 nitrogen and oxygen atoms in total. The predicted octanol–water partition coefficient (Wildman–Crippen LogP) is 4.08. The fourth-order valence-corrected chi connectivity index (χ4v) is 3.78. The average Bonchev–Trinajstić information content (AvgIpc) is 3.21. The fourth-order valence-electron chi connectivity index (χ4n) is 2.28. The summed E-state index contributed by atoms with van der Waals surface area (Å²) in [6.07, 6.45) is 0. The minimum atomic E-state index is -0.478. The van der Waals surface area contributed by atoms with E-state index in [1.165, 1.54) is 35.2 Å². The van der Waals surface area contributed by atoms with Gasteiger partial charge in [-0.15, -0.1) is 0 Å². The number of fused-ring (bicyclic) bond motifs is 2. The zero-order chi connectivity index (χ0) is 18.1. The van der Waals surface area contributed by atoms with E-state index in [4.69, 9.17) is 4.42 Å². The highest BCUT2D eigenvalue weighted by molar-refractivity contribution is 7.99. The van der Waals surface area contributed by atoms with Gasteiger partial charge in [-0.2, -0.15) is 0 Å². The number of hydrogen-bond donors (Lipinski definition) is 1. The molecule has 10 heteroatoms. The second-order valence-electron chi connectivity index (χ2n) is 5.21. The molecule has 0 bridgehead atoms. The van der Waals surface area contributed by atoms with E-state index in [1.807, 2.05) is 24.3 Å². The molecule has 0 unspecified atom stereocenters. The molecule has 0 aliphatic carbocycles. The lowest BCUT2D eigenvalue weighted by Crippen LogP contribution is -2.13. The number of rotatable bonds is 5. The number of nitro groups is 1. The van der Waals surface area contributed by atoms with Crippen LogP contribution in [0.5, 0.6) is 0 Å². The molecule has 0 saturated carbocycles. The van der Waals surface area contributed by atoms with Crippen LogP contribution in [0, 0.1) is 10.1 Å². The maximum absolute atomic E-state index is 12.1. The number of amides is 1. The van der Waals surface area contributed by atoms with Gasteiger partial charge in [0.15, 0.2) is 10.7 Å². The van der Waals surface area contributed by atoms with Crippen molar-refractivity contribution < 1.29 is 14.1 Å². The van der Waals surface area contributed by atoms with Crippen molar-refractivity contribution in [2.45, 2.75) is 5.22 Å². The van der Waals surface area contributed by atoms with E-state index in [1.54, 1.807) is 6.07 Å². The van der Waals surface area contributed by atoms with E-state index in [2.05, 4.69) is 15.3 Å². The normalized spacial score (nSPS) is 11.1. The van der Waals surface area contributed by atoms with E-state index < -0.39 is 4.92 Å². The van der Waals surface area contributed by atoms with Crippen molar-refractivity contribution in [1.82, 2.24) is 9.97 Å². The van der Waals surface area contributed by atoms with Crippen molar-refractivity contribution in [3.8, 4) is 0 Å². The van der Waals surface area contributed by atoms with E-state index in [9.17, 15) is 14.9 Å². The highest BCUT2D eigenvalue weighted by Crippen LogP contribution is 2.29. The van der Waals surface area contributed by atoms with Crippen LogP contribution in [0.15, 0.2) is 52.1 Å². The minimum absolute atomic E-state index is 0.0350. The number of para-hydroxylation sites is 2. The Labute approximate surface area is 154 Å². The van der Waals surface area contributed by atoms with Gasteiger partial charge in [0.1, 0.15) is 5.52 Å². The van der Waals surface area contributed by atoms with Crippen LogP contribution in [0.1, 0.15) is 0 Å². The third kappa shape index (κ3) is 3.37. The number of non-ortho nitro benzene ring substituents is 1. The second kappa shape index (κ2) is 6.73. The summed E-state index contributed by atoms with van der Waals surface area (Å²) in [7, 11) is 0. The van der Waals surface area contributed by atoms with Gasteiger partial charge < -0.3 is 9.73 Å². The quantitative estimate of drug-likeness (QED) is 0.312. The van der Waals surface area contributed by atoms with Crippen LogP contribution in [0.2, 0.25) is 0 Å². The SMILES string of the molecule is O=C(CSc1nc2ccccc2o1)Nc1nc2cc([N+](=O)[O-])ccc2s1. The summed E-state index contributed by atoms with van der Waals surface area (Å²) in [5, 5.41) is 14.3. The maximum Gasteiger partial charge on any atom is 0.271 e. The summed E-state index contributed by atoms with van der Waals surface area (Å²) >= 11 is 2.44. The first-order valence-corrected chi connectivity index (χ1v) is 9.22. The van der Waals surface area contributed by atoms with Gasteiger partial charge in [0, 0.05) is 12.1 Å². The standard InChI is InChI=1S/C16H10N4O4S2/c21-14(8-25-16-18-10-3-1-2-4-12(10)24-16)19-15-17-11-7-9(20(22)23)5-6-13(11)26-15/h1-7H,8H2,(H,17,19,21). The van der Waals surface area contributed by atoms with Crippen LogP contribution < -0.4 is 5.32 Å². The molecule has 0 atom stereocenters. The molecule has 26 heavy (non-hydrogen) atoms. The van der Waals surface area contributed by atoms with Gasteiger partial charge >= 0.3 is 0 Å². The molecule has 1 amide bonds. The smallest absolute Gasteiger partial charge is 0.271 e.